The van der Waals surface area contributed by atoms with Crippen LogP contribution < -0.4 is 10.5 Å². The third-order valence-corrected chi connectivity index (χ3v) is 3.18. The van der Waals surface area contributed by atoms with Crippen molar-refractivity contribution in [1.82, 2.24) is 4.90 Å². The number of nitrogen functional groups attached to an aromatic ring is 1. The van der Waals surface area contributed by atoms with Crippen LogP contribution in [0.4, 0.5) is 5.69 Å². The number of rotatable bonds is 7. The van der Waals surface area contributed by atoms with Crippen LogP contribution >= 0.6 is 0 Å². The molecule has 0 radical (unpaired) electrons. The highest BCUT2D eigenvalue weighted by molar-refractivity contribution is 5.43. The van der Waals surface area contributed by atoms with Crippen molar-refractivity contribution in [2.45, 2.75) is 25.8 Å². The van der Waals surface area contributed by atoms with Crippen LogP contribution in [0.1, 0.15) is 20.3 Å². The zero-order valence-electron chi connectivity index (χ0n) is 11.5. The maximum absolute atomic E-state index is 9.24. The number of anilines is 1. The van der Waals surface area contributed by atoms with Gasteiger partial charge in [-0.1, -0.05) is 6.07 Å². The minimum atomic E-state index is -0.183. The lowest BCUT2D eigenvalue weighted by molar-refractivity contribution is 0.0747. The standard InChI is InChI=1S/C14H24N2O2/c1-14(2,11-17)16(3)8-5-9-18-13-7-4-6-12(15)10-13/h4,6-7,10,17H,5,8-9,11,15H2,1-3H3. The first-order valence-corrected chi connectivity index (χ1v) is 6.26. The summed E-state index contributed by atoms with van der Waals surface area (Å²) in [6.07, 6.45) is 0.911. The highest BCUT2D eigenvalue weighted by Gasteiger charge is 2.21. The van der Waals surface area contributed by atoms with Gasteiger partial charge in [-0.2, -0.15) is 0 Å². The molecule has 3 N–H and O–H groups in total. The molecule has 0 atom stereocenters. The Morgan fingerprint density at radius 2 is 2.11 bits per heavy atom. The first-order valence-electron chi connectivity index (χ1n) is 6.26. The molecule has 1 rings (SSSR count). The van der Waals surface area contributed by atoms with Gasteiger partial charge in [-0.3, -0.25) is 4.90 Å². The van der Waals surface area contributed by atoms with Crippen molar-refractivity contribution in [1.29, 1.82) is 0 Å². The molecule has 1 aromatic rings. The topological polar surface area (TPSA) is 58.7 Å². The van der Waals surface area contributed by atoms with Crippen LogP contribution in [0, 0.1) is 0 Å². The molecule has 0 bridgehead atoms. The molecule has 0 aliphatic rings. The number of nitrogens with two attached hydrogens (primary N) is 1. The van der Waals surface area contributed by atoms with E-state index in [0.717, 1.165) is 18.7 Å². The largest absolute Gasteiger partial charge is 0.493 e. The van der Waals surface area contributed by atoms with Crippen molar-refractivity contribution in [3.63, 3.8) is 0 Å². The van der Waals surface area contributed by atoms with E-state index in [1.807, 2.05) is 45.2 Å². The van der Waals surface area contributed by atoms with Gasteiger partial charge in [0.1, 0.15) is 5.75 Å². The van der Waals surface area contributed by atoms with E-state index in [-0.39, 0.29) is 12.1 Å². The molecule has 4 heteroatoms. The van der Waals surface area contributed by atoms with E-state index in [2.05, 4.69) is 4.90 Å². The number of aliphatic hydroxyl groups excluding tert-OH is 1. The summed E-state index contributed by atoms with van der Waals surface area (Å²) in [4.78, 5) is 2.13. The van der Waals surface area contributed by atoms with Gasteiger partial charge < -0.3 is 15.6 Å². The molecular weight excluding hydrogens is 228 g/mol. The van der Waals surface area contributed by atoms with Crippen LogP contribution in [-0.2, 0) is 0 Å². The first kappa shape index (κ1) is 14.8. The van der Waals surface area contributed by atoms with E-state index in [1.165, 1.54) is 0 Å². The number of benzene rings is 1. The highest BCUT2D eigenvalue weighted by Crippen LogP contribution is 2.15. The Bertz CT molecular complexity index is 367. The number of hydrogen-bond donors (Lipinski definition) is 2. The predicted octanol–water partition coefficient (Wildman–Crippen LogP) is 1.74. The van der Waals surface area contributed by atoms with E-state index in [1.54, 1.807) is 0 Å². The molecule has 0 aliphatic carbocycles. The van der Waals surface area contributed by atoms with Gasteiger partial charge >= 0.3 is 0 Å². The number of hydrogen-bond acceptors (Lipinski definition) is 4. The van der Waals surface area contributed by atoms with E-state index in [4.69, 9.17) is 10.5 Å². The molecule has 0 heterocycles. The second kappa shape index (κ2) is 6.61. The quantitative estimate of drug-likeness (QED) is 0.573. The van der Waals surface area contributed by atoms with E-state index >= 15 is 0 Å². The lowest BCUT2D eigenvalue weighted by Crippen LogP contribution is -2.44. The molecule has 0 aliphatic heterocycles. The van der Waals surface area contributed by atoms with Crippen LogP contribution in [0.2, 0.25) is 0 Å². The number of likely N-dealkylation sites (N-methyl/N-ethyl adjacent to an activating group) is 1. The molecule has 102 valence electrons. The molecule has 0 unspecified atom stereocenters. The van der Waals surface area contributed by atoms with Crippen LogP contribution in [0.5, 0.6) is 5.75 Å². The summed E-state index contributed by atoms with van der Waals surface area (Å²) in [5, 5.41) is 9.24. The molecule has 0 aromatic heterocycles. The molecule has 4 nitrogen and oxygen atoms in total. The number of nitrogens with zero attached hydrogens (tertiary/aromatic N) is 1. The van der Waals surface area contributed by atoms with Crippen molar-refractivity contribution in [2.24, 2.45) is 0 Å². The Balaban J connectivity index is 2.27. The first-order chi connectivity index (χ1) is 8.45. The Kier molecular flexibility index (Phi) is 5.44. The van der Waals surface area contributed by atoms with Gasteiger partial charge in [0.25, 0.3) is 0 Å². The molecule has 0 spiro atoms. The SMILES string of the molecule is CN(CCCOc1cccc(N)c1)C(C)(C)CO. The number of ether oxygens (including phenoxy) is 1. The second-order valence-electron chi connectivity index (χ2n) is 5.17. The lowest BCUT2D eigenvalue weighted by atomic mass is 10.1. The maximum Gasteiger partial charge on any atom is 0.121 e. The van der Waals surface area contributed by atoms with Gasteiger partial charge in [0, 0.05) is 23.8 Å². The maximum atomic E-state index is 9.24. The van der Waals surface area contributed by atoms with Crippen LogP contribution in [-0.4, -0.2) is 42.4 Å². The third kappa shape index (κ3) is 4.55. The second-order valence-corrected chi connectivity index (χ2v) is 5.17. The Morgan fingerprint density at radius 3 is 2.72 bits per heavy atom. The van der Waals surface area contributed by atoms with Crippen LogP contribution in [0.3, 0.4) is 0 Å². The smallest absolute Gasteiger partial charge is 0.121 e. The Morgan fingerprint density at radius 1 is 1.39 bits per heavy atom. The summed E-state index contributed by atoms with van der Waals surface area (Å²) in [6, 6.07) is 7.44. The highest BCUT2D eigenvalue weighted by atomic mass is 16.5. The van der Waals surface area contributed by atoms with Gasteiger partial charge in [0.05, 0.1) is 13.2 Å². The zero-order valence-corrected chi connectivity index (χ0v) is 11.5. The Hall–Kier alpha value is -1.26. The van der Waals surface area contributed by atoms with Gasteiger partial charge in [-0.05, 0) is 39.4 Å². The predicted molar refractivity (Wildman–Crippen MR) is 74.8 cm³/mol. The molecule has 18 heavy (non-hydrogen) atoms. The van der Waals surface area contributed by atoms with E-state index in [0.29, 0.717) is 12.3 Å². The molecule has 0 saturated heterocycles. The molecule has 0 saturated carbocycles. The Labute approximate surface area is 109 Å². The average molecular weight is 252 g/mol. The van der Waals surface area contributed by atoms with Crippen LogP contribution in [0.15, 0.2) is 24.3 Å². The summed E-state index contributed by atoms with van der Waals surface area (Å²) in [7, 11) is 2.01. The van der Waals surface area contributed by atoms with Crippen molar-refractivity contribution in [3.8, 4) is 5.75 Å². The number of aliphatic hydroxyl groups is 1. The van der Waals surface area contributed by atoms with Crippen molar-refractivity contribution in [3.05, 3.63) is 24.3 Å². The van der Waals surface area contributed by atoms with Crippen molar-refractivity contribution < 1.29 is 9.84 Å². The van der Waals surface area contributed by atoms with E-state index in [9.17, 15) is 5.11 Å². The van der Waals surface area contributed by atoms with Gasteiger partial charge in [-0.25, -0.2) is 0 Å². The van der Waals surface area contributed by atoms with Crippen molar-refractivity contribution in [2.75, 3.05) is 32.5 Å². The van der Waals surface area contributed by atoms with Gasteiger partial charge in [-0.15, -0.1) is 0 Å². The normalized spacial score (nSPS) is 11.8. The summed E-state index contributed by atoms with van der Waals surface area (Å²) in [6.45, 7) is 5.72. The fraction of sp³-hybridized carbons (Fsp3) is 0.571. The summed E-state index contributed by atoms with van der Waals surface area (Å²) < 4.78 is 5.61. The monoisotopic (exact) mass is 252 g/mol. The summed E-state index contributed by atoms with van der Waals surface area (Å²) >= 11 is 0. The van der Waals surface area contributed by atoms with Crippen molar-refractivity contribution >= 4 is 5.69 Å². The molecular formula is C14H24N2O2. The van der Waals surface area contributed by atoms with Gasteiger partial charge in [0.15, 0.2) is 0 Å². The minimum absolute atomic E-state index is 0.152. The summed E-state index contributed by atoms with van der Waals surface area (Å²) in [5.74, 6) is 0.805. The summed E-state index contributed by atoms with van der Waals surface area (Å²) in [5.41, 5.74) is 6.20. The molecule has 0 fully saturated rings. The molecule has 1 aromatic carbocycles. The minimum Gasteiger partial charge on any atom is -0.493 e. The van der Waals surface area contributed by atoms with Crippen LogP contribution in [0.25, 0.3) is 0 Å². The average Bonchev–Trinajstić information content (AvgIpc) is 2.34. The zero-order chi connectivity index (χ0) is 13.6. The fourth-order valence-corrected chi connectivity index (χ4v) is 1.52. The van der Waals surface area contributed by atoms with E-state index < -0.39 is 0 Å². The van der Waals surface area contributed by atoms with Gasteiger partial charge in [0.2, 0.25) is 0 Å². The third-order valence-electron chi connectivity index (χ3n) is 3.18. The molecule has 0 amide bonds. The lowest BCUT2D eigenvalue weighted by Gasteiger charge is -2.33. The fourth-order valence-electron chi connectivity index (χ4n) is 1.52.